The zero-order valence-corrected chi connectivity index (χ0v) is 11.2. The molecule has 3 rings (SSSR count). The van der Waals surface area contributed by atoms with Crippen molar-refractivity contribution in [2.45, 2.75) is 32.1 Å². The molecule has 0 saturated carbocycles. The molecule has 2 heteroatoms. The summed E-state index contributed by atoms with van der Waals surface area (Å²) in [6, 6.07) is 19.2. The summed E-state index contributed by atoms with van der Waals surface area (Å²) < 4.78 is 6.13. The SMILES string of the molecule is CC1CC(OCc2ccccc2)c2ccccc2N1. The number of hydrogen-bond donors (Lipinski definition) is 1. The molecule has 2 nitrogen and oxygen atoms in total. The summed E-state index contributed by atoms with van der Waals surface area (Å²) in [5, 5.41) is 3.51. The van der Waals surface area contributed by atoms with Crippen molar-refractivity contribution >= 4 is 5.69 Å². The van der Waals surface area contributed by atoms with E-state index in [0.29, 0.717) is 12.6 Å². The summed E-state index contributed by atoms with van der Waals surface area (Å²) in [5.41, 5.74) is 3.71. The van der Waals surface area contributed by atoms with Crippen LogP contribution in [0.1, 0.15) is 30.6 Å². The zero-order valence-electron chi connectivity index (χ0n) is 11.2. The molecule has 2 aromatic rings. The van der Waals surface area contributed by atoms with Gasteiger partial charge in [-0.05, 0) is 25.0 Å². The average Bonchev–Trinajstić information content (AvgIpc) is 2.45. The maximum atomic E-state index is 6.13. The Bertz CT molecular complexity index is 538. The molecule has 0 spiro atoms. The van der Waals surface area contributed by atoms with Crippen molar-refractivity contribution in [1.82, 2.24) is 0 Å². The number of benzene rings is 2. The first kappa shape index (κ1) is 12.2. The van der Waals surface area contributed by atoms with Crippen molar-refractivity contribution < 1.29 is 4.74 Å². The Balaban J connectivity index is 1.74. The first-order valence-electron chi connectivity index (χ1n) is 6.84. The summed E-state index contributed by atoms with van der Waals surface area (Å²) >= 11 is 0. The fourth-order valence-electron chi connectivity index (χ4n) is 2.61. The fraction of sp³-hybridized carbons (Fsp3) is 0.294. The van der Waals surface area contributed by atoms with Gasteiger partial charge in [0.1, 0.15) is 0 Å². The van der Waals surface area contributed by atoms with Gasteiger partial charge in [0, 0.05) is 17.3 Å². The van der Waals surface area contributed by atoms with Crippen LogP contribution in [-0.2, 0) is 11.3 Å². The highest BCUT2D eigenvalue weighted by Crippen LogP contribution is 2.35. The molecule has 1 heterocycles. The van der Waals surface area contributed by atoms with Crippen LogP contribution in [0, 0.1) is 0 Å². The highest BCUT2D eigenvalue weighted by Gasteiger charge is 2.24. The highest BCUT2D eigenvalue weighted by molar-refractivity contribution is 5.54. The van der Waals surface area contributed by atoms with Crippen molar-refractivity contribution in [1.29, 1.82) is 0 Å². The standard InChI is InChI=1S/C17H19NO/c1-13-11-17(15-9-5-6-10-16(15)18-13)19-12-14-7-3-2-4-8-14/h2-10,13,17-18H,11-12H2,1H3. The molecule has 2 aromatic carbocycles. The van der Waals surface area contributed by atoms with Gasteiger partial charge in [-0.2, -0.15) is 0 Å². The van der Waals surface area contributed by atoms with E-state index in [9.17, 15) is 0 Å². The van der Waals surface area contributed by atoms with Gasteiger partial charge in [0.25, 0.3) is 0 Å². The Morgan fingerprint density at radius 2 is 1.79 bits per heavy atom. The first-order valence-corrected chi connectivity index (χ1v) is 6.84. The largest absolute Gasteiger partial charge is 0.382 e. The monoisotopic (exact) mass is 253 g/mol. The number of rotatable bonds is 3. The summed E-state index contributed by atoms with van der Waals surface area (Å²) in [4.78, 5) is 0. The molecule has 98 valence electrons. The van der Waals surface area contributed by atoms with Gasteiger partial charge in [0.2, 0.25) is 0 Å². The second-order valence-electron chi connectivity index (χ2n) is 5.15. The van der Waals surface area contributed by atoms with Crippen LogP contribution < -0.4 is 5.32 Å². The molecule has 0 aromatic heterocycles. The Morgan fingerprint density at radius 1 is 1.05 bits per heavy atom. The molecule has 2 atom stereocenters. The minimum Gasteiger partial charge on any atom is -0.382 e. The van der Waals surface area contributed by atoms with E-state index in [1.807, 2.05) is 6.07 Å². The van der Waals surface area contributed by atoms with Gasteiger partial charge >= 0.3 is 0 Å². The van der Waals surface area contributed by atoms with Gasteiger partial charge in [0.15, 0.2) is 0 Å². The third-order valence-electron chi connectivity index (χ3n) is 3.57. The number of fused-ring (bicyclic) bond motifs is 1. The molecular formula is C17H19NO. The predicted molar refractivity (Wildman–Crippen MR) is 78.1 cm³/mol. The molecular weight excluding hydrogens is 234 g/mol. The zero-order chi connectivity index (χ0) is 13.1. The Kier molecular flexibility index (Phi) is 3.51. The van der Waals surface area contributed by atoms with Gasteiger partial charge in [-0.3, -0.25) is 0 Å². The second kappa shape index (κ2) is 5.45. The second-order valence-corrected chi connectivity index (χ2v) is 5.15. The number of ether oxygens (including phenoxy) is 1. The van der Waals surface area contributed by atoms with Crippen LogP contribution in [0.15, 0.2) is 54.6 Å². The van der Waals surface area contributed by atoms with Crippen LogP contribution >= 0.6 is 0 Å². The minimum atomic E-state index is 0.188. The van der Waals surface area contributed by atoms with Gasteiger partial charge in [-0.15, -0.1) is 0 Å². The molecule has 1 aliphatic rings. The molecule has 0 radical (unpaired) electrons. The van der Waals surface area contributed by atoms with E-state index in [4.69, 9.17) is 4.74 Å². The van der Waals surface area contributed by atoms with Crippen molar-refractivity contribution in [2.24, 2.45) is 0 Å². The van der Waals surface area contributed by atoms with E-state index in [1.54, 1.807) is 0 Å². The molecule has 0 amide bonds. The molecule has 1 aliphatic heterocycles. The van der Waals surface area contributed by atoms with Gasteiger partial charge in [0.05, 0.1) is 12.7 Å². The molecule has 0 bridgehead atoms. The van der Waals surface area contributed by atoms with Crippen molar-refractivity contribution in [2.75, 3.05) is 5.32 Å². The smallest absolute Gasteiger partial charge is 0.0868 e. The van der Waals surface area contributed by atoms with E-state index in [2.05, 4.69) is 60.8 Å². The minimum absolute atomic E-state index is 0.188. The Labute approximate surface area is 114 Å². The van der Waals surface area contributed by atoms with Crippen LogP contribution in [-0.4, -0.2) is 6.04 Å². The van der Waals surface area contributed by atoms with Gasteiger partial charge in [-0.25, -0.2) is 0 Å². The maximum absolute atomic E-state index is 6.13. The van der Waals surface area contributed by atoms with Crippen LogP contribution in [0.4, 0.5) is 5.69 Å². The van der Waals surface area contributed by atoms with Crippen molar-refractivity contribution in [3.63, 3.8) is 0 Å². The number of anilines is 1. The summed E-state index contributed by atoms with van der Waals surface area (Å²) in [6.45, 7) is 2.88. The third kappa shape index (κ3) is 2.79. The van der Waals surface area contributed by atoms with Gasteiger partial charge < -0.3 is 10.1 Å². The summed E-state index contributed by atoms with van der Waals surface area (Å²) in [6.07, 6.45) is 1.21. The van der Waals surface area contributed by atoms with E-state index in [1.165, 1.54) is 16.8 Å². The lowest BCUT2D eigenvalue weighted by Crippen LogP contribution is -2.26. The molecule has 0 aliphatic carbocycles. The lowest BCUT2D eigenvalue weighted by molar-refractivity contribution is 0.0294. The summed E-state index contributed by atoms with van der Waals surface area (Å²) in [5.74, 6) is 0. The predicted octanol–water partition coefficient (Wildman–Crippen LogP) is 4.15. The van der Waals surface area contributed by atoms with Crippen LogP contribution in [0.3, 0.4) is 0 Å². The Hall–Kier alpha value is -1.80. The number of para-hydroxylation sites is 1. The molecule has 19 heavy (non-hydrogen) atoms. The topological polar surface area (TPSA) is 21.3 Å². The van der Waals surface area contributed by atoms with Crippen molar-refractivity contribution in [3.8, 4) is 0 Å². The third-order valence-corrected chi connectivity index (χ3v) is 3.57. The van der Waals surface area contributed by atoms with Gasteiger partial charge in [-0.1, -0.05) is 48.5 Å². The normalized spacial score (nSPS) is 21.5. The lowest BCUT2D eigenvalue weighted by Gasteiger charge is -2.31. The van der Waals surface area contributed by atoms with Crippen LogP contribution in [0.5, 0.6) is 0 Å². The van der Waals surface area contributed by atoms with E-state index in [0.717, 1.165) is 6.42 Å². The maximum Gasteiger partial charge on any atom is 0.0868 e. The molecule has 0 fully saturated rings. The number of nitrogens with one attached hydrogen (secondary N) is 1. The molecule has 2 unspecified atom stereocenters. The molecule has 0 saturated heterocycles. The fourth-order valence-corrected chi connectivity index (χ4v) is 2.61. The first-order chi connectivity index (χ1) is 9.33. The quantitative estimate of drug-likeness (QED) is 0.887. The van der Waals surface area contributed by atoms with E-state index >= 15 is 0 Å². The molecule has 1 N–H and O–H groups in total. The number of hydrogen-bond acceptors (Lipinski definition) is 2. The highest BCUT2D eigenvalue weighted by atomic mass is 16.5. The average molecular weight is 253 g/mol. The van der Waals surface area contributed by atoms with Crippen LogP contribution in [0.25, 0.3) is 0 Å². The van der Waals surface area contributed by atoms with E-state index in [-0.39, 0.29) is 6.10 Å². The van der Waals surface area contributed by atoms with E-state index < -0.39 is 0 Å². The van der Waals surface area contributed by atoms with Crippen LogP contribution in [0.2, 0.25) is 0 Å². The van der Waals surface area contributed by atoms with Crippen molar-refractivity contribution in [3.05, 3.63) is 65.7 Å². The Morgan fingerprint density at radius 3 is 2.63 bits per heavy atom. The summed E-state index contributed by atoms with van der Waals surface area (Å²) in [7, 11) is 0. The lowest BCUT2D eigenvalue weighted by atomic mass is 9.96.